The third-order valence-corrected chi connectivity index (χ3v) is 3.95. The monoisotopic (exact) mass is 300 g/mol. The molecular weight excluding hydrogens is 268 g/mol. The molecule has 118 valence electrons. The third kappa shape index (κ3) is 9.26. The first-order chi connectivity index (χ1) is 9.52. The maximum Gasteiger partial charge on any atom is 0.191 e. The van der Waals surface area contributed by atoms with Gasteiger partial charge in [-0.05, 0) is 27.7 Å². The van der Waals surface area contributed by atoms with E-state index in [1.807, 2.05) is 24.9 Å². The minimum absolute atomic E-state index is 0.571. The lowest BCUT2D eigenvalue weighted by Crippen LogP contribution is -2.45. The second-order valence-corrected chi connectivity index (χ2v) is 6.36. The SMILES string of the molecule is C=CCSCCNC(=NC)NCCN(C(C)C)C(C)C. The Morgan fingerprint density at radius 1 is 1.20 bits per heavy atom. The summed E-state index contributed by atoms with van der Waals surface area (Å²) in [4.78, 5) is 6.71. The van der Waals surface area contributed by atoms with Crippen LogP contribution in [0.1, 0.15) is 27.7 Å². The Morgan fingerprint density at radius 2 is 1.80 bits per heavy atom. The third-order valence-electron chi connectivity index (χ3n) is 2.99. The summed E-state index contributed by atoms with van der Waals surface area (Å²) in [6.07, 6.45) is 1.93. The Bertz CT molecular complexity index is 269. The van der Waals surface area contributed by atoms with Crippen LogP contribution in [0.4, 0.5) is 0 Å². The predicted molar refractivity (Wildman–Crippen MR) is 93.9 cm³/mol. The van der Waals surface area contributed by atoms with E-state index in [0.717, 1.165) is 37.1 Å². The molecule has 2 N–H and O–H groups in total. The minimum Gasteiger partial charge on any atom is -0.356 e. The molecule has 0 radical (unpaired) electrons. The Labute approximate surface area is 129 Å². The van der Waals surface area contributed by atoms with E-state index < -0.39 is 0 Å². The van der Waals surface area contributed by atoms with Crippen molar-refractivity contribution in [1.82, 2.24) is 15.5 Å². The van der Waals surface area contributed by atoms with Gasteiger partial charge in [-0.1, -0.05) is 6.08 Å². The molecule has 0 spiro atoms. The van der Waals surface area contributed by atoms with Gasteiger partial charge in [0, 0.05) is 50.3 Å². The van der Waals surface area contributed by atoms with Gasteiger partial charge in [0.2, 0.25) is 0 Å². The topological polar surface area (TPSA) is 39.7 Å². The normalized spacial score (nSPS) is 12.3. The van der Waals surface area contributed by atoms with Crippen LogP contribution in [0.2, 0.25) is 0 Å². The number of hydrogen-bond acceptors (Lipinski definition) is 3. The smallest absolute Gasteiger partial charge is 0.191 e. The molecule has 5 heteroatoms. The molecule has 4 nitrogen and oxygen atoms in total. The molecule has 0 fully saturated rings. The maximum atomic E-state index is 4.24. The highest BCUT2D eigenvalue weighted by atomic mass is 32.2. The zero-order valence-corrected chi connectivity index (χ0v) is 14.6. The molecule has 0 atom stereocenters. The van der Waals surface area contributed by atoms with Gasteiger partial charge >= 0.3 is 0 Å². The predicted octanol–water partition coefficient (Wildman–Crippen LogP) is 2.19. The van der Waals surface area contributed by atoms with E-state index in [2.05, 4.69) is 54.8 Å². The van der Waals surface area contributed by atoms with Crippen molar-refractivity contribution < 1.29 is 0 Å². The zero-order valence-electron chi connectivity index (χ0n) is 13.8. The van der Waals surface area contributed by atoms with E-state index in [1.54, 1.807) is 0 Å². The van der Waals surface area contributed by atoms with Crippen molar-refractivity contribution in [3.05, 3.63) is 12.7 Å². The molecule has 0 unspecified atom stereocenters. The maximum absolute atomic E-state index is 4.24. The molecule has 0 aromatic carbocycles. The first-order valence-electron chi connectivity index (χ1n) is 7.41. The van der Waals surface area contributed by atoms with Crippen LogP contribution in [0.5, 0.6) is 0 Å². The van der Waals surface area contributed by atoms with Gasteiger partial charge < -0.3 is 10.6 Å². The molecule has 0 aliphatic heterocycles. The van der Waals surface area contributed by atoms with Crippen LogP contribution < -0.4 is 10.6 Å². The summed E-state index contributed by atoms with van der Waals surface area (Å²) < 4.78 is 0. The molecule has 0 amide bonds. The summed E-state index contributed by atoms with van der Waals surface area (Å²) in [5.74, 6) is 2.96. The molecule has 0 rings (SSSR count). The van der Waals surface area contributed by atoms with Crippen LogP contribution >= 0.6 is 11.8 Å². The number of thioether (sulfide) groups is 1. The molecule has 0 aromatic heterocycles. The Kier molecular flexibility index (Phi) is 11.7. The van der Waals surface area contributed by atoms with Crippen LogP contribution in [0.3, 0.4) is 0 Å². The van der Waals surface area contributed by atoms with Gasteiger partial charge in [0.1, 0.15) is 0 Å². The van der Waals surface area contributed by atoms with Crippen molar-refractivity contribution in [2.75, 3.05) is 38.2 Å². The number of guanidine groups is 1. The van der Waals surface area contributed by atoms with Crippen molar-refractivity contribution in [1.29, 1.82) is 0 Å². The molecule has 0 aliphatic rings. The van der Waals surface area contributed by atoms with Crippen LogP contribution in [0, 0.1) is 0 Å². The quantitative estimate of drug-likeness (QED) is 0.281. The molecule has 20 heavy (non-hydrogen) atoms. The van der Waals surface area contributed by atoms with Gasteiger partial charge in [-0.15, -0.1) is 6.58 Å². The minimum atomic E-state index is 0.571. The molecule has 0 bridgehead atoms. The molecule has 0 aromatic rings. The number of aliphatic imine (C=N–C) groups is 1. The fourth-order valence-electron chi connectivity index (χ4n) is 2.04. The first kappa shape index (κ1) is 19.3. The highest BCUT2D eigenvalue weighted by Gasteiger charge is 2.12. The number of nitrogens with one attached hydrogen (secondary N) is 2. The average Bonchev–Trinajstić information content (AvgIpc) is 2.39. The highest BCUT2D eigenvalue weighted by Crippen LogP contribution is 2.03. The van der Waals surface area contributed by atoms with Crippen LogP contribution in [0.15, 0.2) is 17.6 Å². The molecule has 0 aliphatic carbocycles. The highest BCUT2D eigenvalue weighted by molar-refractivity contribution is 7.99. The van der Waals surface area contributed by atoms with Crippen molar-refractivity contribution in [2.24, 2.45) is 4.99 Å². The lowest BCUT2D eigenvalue weighted by molar-refractivity contribution is 0.178. The lowest BCUT2D eigenvalue weighted by atomic mass is 10.2. The van der Waals surface area contributed by atoms with E-state index in [9.17, 15) is 0 Å². The second-order valence-electron chi connectivity index (χ2n) is 5.21. The second kappa shape index (κ2) is 12.1. The van der Waals surface area contributed by atoms with Gasteiger partial charge in [0.05, 0.1) is 0 Å². The van der Waals surface area contributed by atoms with Crippen molar-refractivity contribution in [3.8, 4) is 0 Å². The zero-order chi connectivity index (χ0) is 15.4. The van der Waals surface area contributed by atoms with Gasteiger partial charge in [-0.25, -0.2) is 0 Å². The van der Waals surface area contributed by atoms with Gasteiger partial charge in [0.25, 0.3) is 0 Å². The average molecular weight is 301 g/mol. The standard InChI is InChI=1S/C15H32N4S/c1-7-11-20-12-9-18-15(16-6)17-8-10-19(13(2)3)14(4)5/h7,13-14H,1,8-12H2,2-6H3,(H2,16,17,18). The first-order valence-corrected chi connectivity index (χ1v) is 8.57. The van der Waals surface area contributed by atoms with Crippen LogP contribution in [0.25, 0.3) is 0 Å². The number of hydrogen-bond donors (Lipinski definition) is 2. The summed E-state index contributed by atoms with van der Waals surface area (Å²) in [5.41, 5.74) is 0. The van der Waals surface area contributed by atoms with Crippen LogP contribution in [-0.2, 0) is 0 Å². The number of nitrogens with zero attached hydrogens (tertiary/aromatic N) is 2. The van der Waals surface area contributed by atoms with E-state index in [4.69, 9.17) is 0 Å². The summed E-state index contributed by atoms with van der Waals surface area (Å²) in [6, 6.07) is 1.14. The van der Waals surface area contributed by atoms with Crippen molar-refractivity contribution in [2.45, 2.75) is 39.8 Å². The summed E-state index contributed by atoms with van der Waals surface area (Å²) in [6.45, 7) is 15.5. The van der Waals surface area contributed by atoms with Crippen LogP contribution in [-0.4, -0.2) is 61.1 Å². The van der Waals surface area contributed by atoms with Gasteiger partial charge in [-0.2, -0.15) is 11.8 Å². The Hall–Kier alpha value is -0.680. The molecule has 0 saturated heterocycles. The summed E-state index contributed by atoms with van der Waals surface area (Å²) in [5, 5.41) is 6.69. The fourth-order valence-corrected chi connectivity index (χ4v) is 2.62. The van der Waals surface area contributed by atoms with Crippen molar-refractivity contribution >= 4 is 17.7 Å². The van der Waals surface area contributed by atoms with Gasteiger partial charge in [-0.3, -0.25) is 9.89 Å². The van der Waals surface area contributed by atoms with Crippen molar-refractivity contribution in [3.63, 3.8) is 0 Å². The fraction of sp³-hybridized carbons (Fsp3) is 0.800. The molecule has 0 saturated carbocycles. The summed E-state index contributed by atoms with van der Waals surface area (Å²) in [7, 11) is 1.81. The molecule has 0 heterocycles. The summed E-state index contributed by atoms with van der Waals surface area (Å²) >= 11 is 1.87. The largest absolute Gasteiger partial charge is 0.356 e. The van der Waals surface area contributed by atoms with E-state index in [0.29, 0.717) is 12.1 Å². The van der Waals surface area contributed by atoms with E-state index in [1.165, 1.54) is 0 Å². The van der Waals surface area contributed by atoms with Gasteiger partial charge in [0.15, 0.2) is 5.96 Å². The number of rotatable bonds is 10. The van der Waals surface area contributed by atoms with E-state index >= 15 is 0 Å². The van der Waals surface area contributed by atoms with E-state index in [-0.39, 0.29) is 0 Å². The Balaban J connectivity index is 3.87. The Morgan fingerprint density at radius 3 is 2.30 bits per heavy atom. The lowest BCUT2D eigenvalue weighted by Gasteiger charge is -2.30. The molecular formula is C15H32N4S.